The number of amides is 1. The minimum absolute atomic E-state index is 0.0774. The Morgan fingerprint density at radius 3 is 1.73 bits per heavy atom. The summed E-state index contributed by atoms with van der Waals surface area (Å²) in [6, 6.07) is 18.1. The predicted octanol–water partition coefficient (Wildman–Crippen LogP) is 7.19. The molecule has 0 bridgehead atoms. The van der Waals surface area contributed by atoms with Gasteiger partial charge in [-0.1, -0.05) is 54.6 Å². The van der Waals surface area contributed by atoms with E-state index < -0.39 is 59.7 Å². The molecule has 0 saturated heterocycles. The van der Waals surface area contributed by atoms with E-state index in [1.54, 1.807) is 30.3 Å². The van der Waals surface area contributed by atoms with Crippen LogP contribution in [-0.4, -0.2) is 35.0 Å². The van der Waals surface area contributed by atoms with Crippen molar-refractivity contribution in [3.63, 3.8) is 0 Å². The summed E-state index contributed by atoms with van der Waals surface area (Å²) in [4.78, 5) is 13.2. The highest BCUT2D eigenvalue weighted by Crippen LogP contribution is 2.40. The summed E-state index contributed by atoms with van der Waals surface area (Å²) in [5.41, 5.74) is -2.73. The van der Waals surface area contributed by atoms with Crippen LogP contribution in [0.4, 0.5) is 39.5 Å². The van der Waals surface area contributed by atoms with Gasteiger partial charge in [0.15, 0.2) is 5.69 Å². The van der Waals surface area contributed by atoms with Crippen molar-refractivity contribution >= 4 is 5.91 Å². The molecule has 4 aromatic rings. The number of nitrogens with zero attached hydrogens (tertiary/aromatic N) is 2. The standard InChI is InChI=1S/C29H22F9N3O3/c1-41-23(15-24(40-41)27(30,31)32)25(42)39-17-26(16-18-7-3-2-4-8-18,19-9-5-11-21(13-19)43-28(33,34)35)20-10-6-12-22(14-20)44-29(36,37)38/h2-15H,16-17H2,1H3,(H,39,42). The van der Waals surface area contributed by atoms with Crippen molar-refractivity contribution in [2.45, 2.75) is 30.7 Å². The van der Waals surface area contributed by atoms with Crippen molar-refractivity contribution in [3.05, 3.63) is 113 Å². The Bertz CT molecular complexity index is 1540. The van der Waals surface area contributed by atoms with Gasteiger partial charge in [0.25, 0.3) is 5.91 Å². The third-order valence-electron chi connectivity index (χ3n) is 6.54. The van der Waals surface area contributed by atoms with Crippen LogP contribution in [0.2, 0.25) is 0 Å². The highest BCUT2D eigenvalue weighted by atomic mass is 19.4. The van der Waals surface area contributed by atoms with Crippen LogP contribution >= 0.6 is 0 Å². The molecule has 1 amide bonds. The fourth-order valence-corrected chi connectivity index (χ4v) is 4.70. The molecule has 15 heteroatoms. The monoisotopic (exact) mass is 631 g/mol. The number of alkyl halides is 9. The molecular weight excluding hydrogens is 609 g/mol. The maximum absolute atomic E-state index is 13.2. The van der Waals surface area contributed by atoms with Crippen molar-refractivity contribution in [2.24, 2.45) is 7.05 Å². The summed E-state index contributed by atoms with van der Waals surface area (Å²) >= 11 is 0. The van der Waals surface area contributed by atoms with E-state index in [1.807, 2.05) is 0 Å². The van der Waals surface area contributed by atoms with Crippen LogP contribution in [0.5, 0.6) is 11.5 Å². The van der Waals surface area contributed by atoms with Crippen LogP contribution in [0.3, 0.4) is 0 Å². The molecule has 1 N–H and O–H groups in total. The van der Waals surface area contributed by atoms with Gasteiger partial charge in [0.05, 0.1) is 0 Å². The highest BCUT2D eigenvalue weighted by molar-refractivity contribution is 5.92. The van der Waals surface area contributed by atoms with Crippen molar-refractivity contribution < 1.29 is 53.8 Å². The molecule has 234 valence electrons. The molecule has 1 aromatic heterocycles. The van der Waals surface area contributed by atoms with E-state index in [4.69, 9.17) is 0 Å². The van der Waals surface area contributed by atoms with Crippen molar-refractivity contribution in [1.82, 2.24) is 15.1 Å². The molecule has 0 aliphatic rings. The van der Waals surface area contributed by atoms with Gasteiger partial charge < -0.3 is 14.8 Å². The molecule has 0 aliphatic heterocycles. The number of benzene rings is 3. The SMILES string of the molecule is Cn1nc(C(F)(F)F)cc1C(=O)NCC(Cc1ccccc1)(c1cccc(OC(F)(F)F)c1)c1cccc(OC(F)(F)F)c1. The Kier molecular flexibility index (Phi) is 8.88. The van der Waals surface area contributed by atoms with Gasteiger partial charge in [-0.15, -0.1) is 26.3 Å². The fourth-order valence-electron chi connectivity index (χ4n) is 4.70. The first kappa shape index (κ1) is 32.2. The zero-order chi connectivity index (χ0) is 32.3. The number of aryl methyl sites for hydroxylation is 1. The predicted molar refractivity (Wildman–Crippen MR) is 138 cm³/mol. The van der Waals surface area contributed by atoms with Crippen LogP contribution in [-0.2, 0) is 25.1 Å². The first-order chi connectivity index (χ1) is 20.5. The van der Waals surface area contributed by atoms with Crippen LogP contribution in [0.1, 0.15) is 32.9 Å². The normalized spacial score (nSPS) is 12.6. The Morgan fingerprint density at radius 2 is 1.27 bits per heavy atom. The largest absolute Gasteiger partial charge is 0.573 e. The molecule has 44 heavy (non-hydrogen) atoms. The number of hydrogen-bond donors (Lipinski definition) is 1. The molecule has 0 spiro atoms. The zero-order valence-corrected chi connectivity index (χ0v) is 22.5. The molecular formula is C29H22F9N3O3. The molecule has 0 fully saturated rings. The second kappa shape index (κ2) is 12.1. The quantitative estimate of drug-likeness (QED) is 0.199. The molecule has 4 rings (SSSR count). The molecule has 0 atom stereocenters. The lowest BCUT2D eigenvalue weighted by molar-refractivity contribution is -0.275. The number of halogens is 9. The summed E-state index contributed by atoms with van der Waals surface area (Å²) in [6.45, 7) is -0.502. The van der Waals surface area contributed by atoms with Gasteiger partial charge in [-0.2, -0.15) is 18.3 Å². The summed E-state index contributed by atoms with van der Waals surface area (Å²) in [5.74, 6) is -2.33. The van der Waals surface area contributed by atoms with Gasteiger partial charge in [-0.05, 0) is 47.4 Å². The van der Waals surface area contributed by atoms with Gasteiger partial charge in [-0.25, -0.2) is 0 Å². The maximum atomic E-state index is 13.2. The van der Waals surface area contributed by atoms with Gasteiger partial charge in [0, 0.05) is 25.1 Å². The van der Waals surface area contributed by atoms with Crippen molar-refractivity contribution in [1.29, 1.82) is 0 Å². The molecule has 1 heterocycles. The summed E-state index contributed by atoms with van der Waals surface area (Å²) in [7, 11) is 1.11. The van der Waals surface area contributed by atoms with Crippen molar-refractivity contribution in [2.75, 3.05) is 6.54 Å². The molecule has 3 aromatic carbocycles. The number of hydrogen-bond acceptors (Lipinski definition) is 4. The zero-order valence-electron chi connectivity index (χ0n) is 22.5. The number of nitrogens with one attached hydrogen (secondary N) is 1. The Morgan fingerprint density at radius 1 is 0.750 bits per heavy atom. The first-order valence-corrected chi connectivity index (χ1v) is 12.6. The summed E-state index contributed by atoms with van der Waals surface area (Å²) < 4.78 is 127. The van der Waals surface area contributed by atoms with Gasteiger partial charge in [-0.3, -0.25) is 9.48 Å². The first-order valence-electron chi connectivity index (χ1n) is 12.6. The molecule has 0 unspecified atom stereocenters. The van der Waals surface area contributed by atoms with Crippen LogP contribution in [0.25, 0.3) is 0 Å². The van der Waals surface area contributed by atoms with E-state index in [0.29, 0.717) is 16.3 Å². The number of rotatable bonds is 9. The third kappa shape index (κ3) is 8.02. The topological polar surface area (TPSA) is 65.4 Å². The maximum Gasteiger partial charge on any atom is 0.573 e. The van der Waals surface area contributed by atoms with E-state index in [1.165, 1.54) is 24.3 Å². The second-order valence-corrected chi connectivity index (χ2v) is 9.61. The smallest absolute Gasteiger partial charge is 0.406 e. The van der Waals surface area contributed by atoms with Gasteiger partial charge in [0.2, 0.25) is 0 Å². The average molecular weight is 631 g/mol. The number of aromatic nitrogens is 2. The molecule has 0 saturated carbocycles. The summed E-state index contributed by atoms with van der Waals surface area (Å²) in [6.07, 6.45) is -15.1. The lowest BCUT2D eigenvalue weighted by Gasteiger charge is -2.36. The van der Waals surface area contributed by atoms with Gasteiger partial charge >= 0.3 is 18.9 Å². The Hall–Kier alpha value is -4.69. The van der Waals surface area contributed by atoms with Crippen LogP contribution < -0.4 is 14.8 Å². The minimum Gasteiger partial charge on any atom is -0.406 e. The highest BCUT2D eigenvalue weighted by Gasteiger charge is 2.40. The van der Waals surface area contributed by atoms with Crippen molar-refractivity contribution in [3.8, 4) is 11.5 Å². The molecule has 0 aliphatic carbocycles. The number of ether oxygens (including phenoxy) is 2. The summed E-state index contributed by atoms with van der Waals surface area (Å²) in [5, 5.41) is 5.81. The van der Waals surface area contributed by atoms with Gasteiger partial charge in [0.1, 0.15) is 17.2 Å². The van der Waals surface area contributed by atoms with Crippen LogP contribution in [0.15, 0.2) is 84.9 Å². The van der Waals surface area contributed by atoms with E-state index in [-0.39, 0.29) is 17.5 Å². The van der Waals surface area contributed by atoms with Crippen LogP contribution in [0, 0.1) is 0 Å². The van der Waals surface area contributed by atoms with E-state index in [2.05, 4.69) is 19.9 Å². The average Bonchev–Trinajstić information content (AvgIpc) is 3.32. The third-order valence-corrected chi connectivity index (χ3v) is 6.54. The van der Waals surface area contributed by atoms with E-state index in [9.17, 15) is 44.3 Å². The minimum atomic E-state index is -5.08. The van der Waals surface area contributed by atoms with E-state index >= 15 is 0 Å². The Labute approximate surface area is 244 Å². The molecule has 0 radical (unpaired) electrons. The number of carbonyl (C=O) groups excluding carboxylic acids is 1. The fraction of sp³-hybridized carbons (Fsp3) is 0.241. The Balaban J connectivity index is 1.88. The van der Waals surface area contributed by atoms with E-state index in [0.717, 1.165) is 31.3 Å². The second-order valence-electron chi connectivity index (χ2n) is 9.61. The lowest BCUT2D eigenvalue weighted by Crippen LogP contribution is -2.44. The number of carbonyl (C=O) groups is 1. The lowest BCUT2D eigenvalue weighted by atomic mass is 9.70. The molecule has 6 nitrogen and oxygen atoms in total.